The summed E-state index contributed by atoms with van der Waals surface area (Å²) in [6.45, 7) is 1.73. The van der Waals surface area contributed by atoms with Crippen molar-refractivity contribution in [3.05, 3.63) is 12.2 Å². The third-order valence-electron chi connectivity index (χ3n) is 5.86. The zero-order valence-electron chi connectivity index (χ0n) is 19.3. The van der Waals surface area contributed by atoms with Gasteiger partial charge in [0.05, 0.1) is 6.61 Å². The van der Waals surface area contributed by atoms with E-state index in [1.807, 2.05) is 0 Å². The molecule has 0 aromatic rings. The first-order chi connectivity index (χ1) is 15.0. The van der Waals surface area contributed by atoms with Crippen LogP contribution in [0.4, 0.5) is 0 Å². The largest absolute Gasteiger partial charge is 0.394 e. The van der Waals surface area contributed by atoms with E-state index in [4.69, 9.17) is 4.74 Å². The van der Waals surface area contributed by atoms with Crippen molar-refractivity contribution in [2.45, 2.75) is 127 Å². The number of hydrogen-bond donors (Lipinski definition) is 5. The van der Waals surface area contributed by atoms with Crippen molar-refractivity contribution in [2.24, 2.45) is 0 Å². The Morgan fingerprint density at radius 2 is 1.35 bits per heavy atom. The molecule has 5 N–H and O–H groups in total. The molecule has 1 saturated heterocycles. The molecule has 7 heteroatoms. The molecule has 1 rings (SSSR count). The number of allylic oxidation sites excluding steroid dienone is 2. The van der Waals surface area contributed by atoms with Crippen LogP contribution in [-0.2, 0) is 9.53 Å². The van der Waals surface area contributed by atoms with E-state index in [0.717, 1.165) is 19.3 Å². The smallest absolute Gasteiger partial charge is 0.222 e. The van der Waals surface area contributed by atoms with Crippen molar-refractivity contribution < 1.29 is 30.0 Å². The molecule has 31 heavy (non-hydrogen) atoms. The highest BCUT2D eigenvalue weighted by atomic mass is 16.6. The molecule has 0 spiro atoms. The van der Waals surface area contributed by atoms with Crippen LogP contribution in [0, 0.1) is 0 Å². The number of nitrogens with one attached hydrogen (secondary N) is 1. The van der Waals surface area contributed by atoms with E-state index in [2.05, 4.69) is 24.4 Å². The summed E-state index contributed by atoms with van der Waals surface area (Å²) in [4.78, 5) is 12.1. The van der Waals surface area contributed by atoms with Gasteiger partial charge in [0.1, 0.15) is 24.4 Å². The molecule has 0 unspecified atom stereocenters. The van der Waals surface area contributed by atoms with E-state index >= 15 is 0 Å². The van der Waals surface area contributed by atoms with Crippen molar-refractivity contribution in [2.75, 3.05) is 6.61 Å². The molecular weight excluding hydrogens is 398 g/mol. The summed E-state index contributed by atoms with van der Waals surface area (Å²) in [5, 5.41) is 41.2. The maximum atomic E-state index is 12.1. The third kappa shape index (κ3) is 12.0. The first-order valence-corrected chi connectivity index (χ1v) is 12.3. The van der Waals surface area contributed by atoms with Crippen LogP contribution in [0.25, 0.3) is 0 Å². The normalized spacial score (nSPS) is 26.4. The Labute approximate surface area is 187 Å². The number of rotatable bonds is 17. The quantitative estimate of drug-likeness (QED) is 0.174. The lowest BCUT2D eigenvalue weighted by Gasteiger charge is -2.40. The van der Waals surface area contributed by atoms with Gasteiger partial charge in [0.15, 0.2) is 6.23 Å². The number of unbranched alkanes of at least 4 members (excludes halogenated alkanes) is 11. The number of carbonyl (C=O) groups excluding carboxylic acids is 1. The first-order valence-electron chi connectivity index (χ1n) is 12.3. The monoisotopic (exact) mass is 443 g/mol. The van der Waals surface area contributed by atoms with Crippen molar-refractivity contribution in [3.8, 4) is 0 Å². The van der Waals surface area contributed by atoms with Crippen molar-refractivity contribution >= 4 is 5.91 Å². The van der Waals surface area contributed by atoms with E-state index in [0.29, 0.717) is 6.42 Å². The van der Waals surface area contributed by atoms with Gasteiger partial charge in [-0.2, -0.15) is 0 Å². The SMILES string of the molecule is CCCCCC/C=C\CCCCCCCCCC(=O)N[C@H]1O[C@@H](CO)[C@H](O)[C@@H](O)[C@@H]1O. The summed E-state index contributed by atoms with van der Waals surface area (Å²) >= 11 is 0. The molecule has 0 saturated carbocycles. The summed E-state index contributed by atoms with van der Waals surface area (Å²) in [5.41, 5.74) is 0. The minimum Gasteiger partial charge on any atom is -0.394 e. The zero-order valence-corrected chi connectivity index (χ0v) is 19.3. The molecule has 182 valence electrons. The number of ether oxygens (including phenoxy) is 1. The molecule has 0 aliphatic carbocycles. The summed E-state index contributed by atoms with van der Waals surface area (Å²) < 4.78 is 5.28. The second-order valence-corrected chi connectivity index (χ2v) is 8.65. The van der Waals surface area contributed by atoms with Gasteiger partial charge >= 0.3 is 0 Å². The fourth-order valence-corrected chi connectivity index (χ4v) is 3.81. The Balaban J connectivity index is 1.98. The lowest BCUT2D eigenvalue weighted by molar-refractivity contribution is -0.236. The van der Waals surface area contributed by atoms with Gasteiger partial charge < -0.3 is 30.5 Å². The average Bonchev–Trinajstić information content (AvgIpc) is 2.76. The fourth-order valence-electron chi connectivity index (χ4n) is 3.81. The van der Waals surface area contributed by atoms with Crippen molar-refractivity contribution in [1.29, 1.82) is 0 Å². The Bertz CT molecular complexity index is 485. The summed E-state index contributed by atoms with van der Waals surface area (Å²) in [6.07, 6.45) is 13.9. The van der Waals surface area contributed by atoms with E-state index in [1.54, 1.807) is 0 Å². The van der Waals surface area contributed by atoms with Crippen molar-refractivity contribution in [1.82, 2.24) is 5.32 Å². The van der Waals surface area contributed by atoms with Gasteiger partial charge in [0.2, 0.25) is 5.91 Å². The molecule has 5 atom stereocenters. The number of aliphatic hydroxyl groups is 4. The molecule has 7 nitrogen and oxygen atoms in total. The molecule has 1 fully saturated rings. The second-order valence-electron chi connectivity index (χ2n) is 8.65. The Hall–Kier alpha value is -0.990. The van der Waals surface area contributed by atoms with E-state index in [9.17, 15) is 25.2 Å². The zero-order chi connectivity index (χ0) is 22.9. The lowest BCUT2D eigenvalue weighted by Crippen LogP contribution is -2.63. The van der Waals surface area contributed by atoms with Crippen LogP contribution >= 0.6 is 0 Å². The molecule has 1 amide bonds. The van der Waals surface area contributed by atoms with Crippen LogP contribution in [0.1, 0.15) is 96.8 Å². The first kappa shape index (κ1) is 28.0. The number of aliphatic hydroxyl groups excluding tert-OH is 4. The van der Waals surface area contributed by atoms with E-state index < -0.39 is 37.3 Å². The maximum absolute atomic E-state index is 12.1. The molecular formula is C24H45NO6. The van der Waals surface area contributed by atoms with Crippen LogP contribution in [0.5, 0.6) is 0 Å². The highest BCUT2D eigenvalue weighted by Crippen LogP contribution is 2.20. The minimum atomic E-state index is -1.47. The Morgan fingerprint density at radius 3 is 1.94 bits per heavy atom. The number of carbonyl (C=O) groups is 1. The number of hydrogen-bond acceptors (Lipinski definition) is 6. The highest BCUT2D eigenvalue weighted by molar-refractivity contribution is 5.76. The topological polar surface area (TPSA) is 119 Å². The van der Waals surface area contributed by atoms with Crippen LogP contribution in [-0.4, -0.2) is 63.6 Å². The fraction of sp³-hybridized carbons (Fsp3) is 0.875. The second kappa shape index (κ2) is 17.6. The van der Waals surface area contributed by atoms with Crippen molar-refractivity contribution in [3.63, 3.8) is 0 Å². The van der Waals surface area contributed by atoms with E-state index in [1.165, 1.54) is 64.2 Å². The molecule has 1 aliphatic heterocycles. The van der Waals surface area contributed by atoms with Gasteiger partial charge in [0.25, 0.3) is 0 Å². The van der Waals surface area contributed by atoms with Crippen LogP contribution in [0.15, 0.2) is 12.2 Å². The molecule has 0 aromatic carbocycles. The van der Waals surface area contributed by atoms with Crippen LogP contribution in [0.2, 0.25) is 0 Å². The van der Waals surface area contributed by atoms with Gasteiger partial charge in [-0.25, -0.2) is 0 Å². The van der Waals surface area contributed by atoms with Gasteiger partial charge in [-0.3, -0.25) is 4.79 Å². The third-order valence-corrected chi connectivity index (χ3v) is 5.86. The Morgan fingerprint density at radius 1 is 0.806 bits per heavy atom. The van der Waals surface area contributed by atoms with Crippen LogP contribution < -0.4 is 5.32 Å². The molecule has 1 aliphatic rings. The van der Waals surface area contributed by atoms with Gasteiger partial charge in [-0.15, -0.1) is 0 Å². The summed E-state index contributed by atoms with van der Waals surface area (Å²) in [6, 6.07) is 0. The minimum absolute atomic E-state index is 0.272. The maximum Gasteiger partial charge on any atom is 0.222 e. The molecule has 0 radical (unpaired) electrons. The molecule has 0 bridgehead atoms. The molecule has 0 aromatic heterocycles. The highest BCUT2D eigenvalue weighted by Gasteiger charge is 2.43. The predicted molar refractivity (Wildman–Crippen MR) is 121 cm³/mol. The van der Waals surface area contributed by atoms with Gasteiger partial charge in [-0.1, -0.05) is 70.4 Å². The summed E-state index contributed by atoms with van der Waals surface area (Å²) in [7, 11) is 0. The number of amides is 1. The summed E-state index contributed by atoms with van der Waals surface area (Å²) in [5.74, 6) is -0.272. The lowest BCUT2D eigenvalue weighted by atomic mass is 9.98. The predicted octanol–water partition coefficient (Wildman–Crippen LogP) is 2.94. The van der Waals surface area contributed by atoms with Crippen LogP contribution in [0.3, 0.4) is 0 Å². The Kier molecular flexibility index (Phi) is 15.9. The van der Waals surface area contributed by atoms with Gasteiger partial charge in [0, 0.05) is 6.42 Å². The van der Waals surface area contributed by atoms with E-state index in [-0.39, 0.29) is 5.91 Å². The molecule has 1 heterocycles. The van der Waals surface area contributed by atoms with Gasteiger partial charge in [-0.05, 0) is 32.1 Å². The average molecular weight is 444 g/mol. The standard InChI is InChI=1S/C24H45NO6/c1-2-3-4-5-6-7-8-9-10-11-12-13-14-15-16-17-20(27)25-24-23(30)22(29)21(28)19(18-26)31-24/h7-8,19,21-24,26,28-30H,2-6,9-18H2,1H3,(H,25,27)/b8-7-/t19-,21-,22+,23-,24-/m0/s1.